The SMILES string of the molecule is N#Cc1ccc(NC2CCCCC2C(=O)O)cn1. The maximum Gasteiger partial charge on any atom is 0.308 e. The van der Waals surface area contributed by atoms with Gasteiger partial charge in [0.05, 0.1) is 17.8 Å². The summed E-state index contributed by atoms with van der Waals surface area (Å²) in [5, 5.41) is 21.0. The minimum absolute atomic E-state index is 0.0500. The molecule has 2 N–H and O–H groups in total. The third-order valence-corrected chi connectivity index (χ3v) is 3.31. The predicted molar refractivity (Wildman–Crippen MR) is 66.0 cm³/mol. The molecule has 0 radical (unpaired) electrons. The molecule has 0 aliphatic heterocycles. The Balaban J connectivity index is 2.06. The molecule has 1 aliphatic carbocycles. The highest BCUT2D eigenvalue weighted by molar-refractivity contribution is 5.71. The van der Waals surface area contributed by atoms with Crippen molar-refractivity contribution in [3.63, 3.8) is 0 Å². The van der Waals surface area contributed by atoms with Crippen molar-refractivity contribution < 1.29 is 9.90 Å². The summed E-state index contributed by atoms with van der Waals surface area (Å²) < 4.78 is 0. The van der Waals surface area contributed by atoms with Crippen molar-refractivity contribution in [1.82, 2.24) is 4.98 Å². The van der Waals surface area contributed by atoms with Crippen LogP contribution in [0.1, 0.15) is 31.4 Å². The number of nitriles is 1. The van der Waals surface area contributed by atoms with Crippen molar-refractivity contribution in [3.8, 4) is 6.07 Å². The van der Waals surface area contributed by atoms with E-state index < -0.39 is 5.97 Å². The van der Waals surface area contributed by atoms with Gasteiger partial charge in [0.25, 0.3) is 0 Å². The summed E-state index contributed by atoms with van der Waals surface area (Å²) in [4.78, 5) is 15.1. The average Bonchev–Trinajstić information content (AvgIpc) is 2.40. The number of pyridine rings is 1. The molecule has 94 valence electrons. The van der Waals surface area contributed by atoms with Crippen molar-refractivity contribution >= 4 is 11.7 Å². The minimum atomic E-state index is -0.742. The van der Waals surface area contributed by atoms with Crippen LogP contribution in [0.2, 0.25) is 0 Å². The standard InChI is InChI=1S/C13H15N3O2/c14-7-9-5-6-10(8-15-9)16-12-4-2-1-3-11(12)13(17)18/h5-6,8,11-12,16H,1-4H2,(H,17,18). The fourth-order valence-corrected chi connectivity index (χ4v) is 2.36. The van der Waals surface area contributed by atoms with Crippen LogP contribution in [0.4, 0.5) is 5.69 Å². The van der Waals surface area contributed by atoms with E-state index in [1.807, 2.05) is 6.07 Å². The Morgan fingerprint density at radius 2 is 2.22 bits per heavy atom. The maximum atomic E-state index is 11.2. The second kappa shape index (κ2) is 5.50. The molecule has 1 heterocycles. The number of carbonyl (C=O) groups is 1. The van der Waals surface area contributed by atoms with Gasteiger partial charge in [0.1, 0.15) is 11.8 Å². The van der Waals surface area contributed by atoms with Gasteiger partial charge in [-0.25, -0.2) is 4.98 Å². The molecule has 18 heavy (non-hydrogen) atoms. The van der Waals surface area contributed by atoms with Crippen molar-refractivity contribution in [2.45, 2.75) is 31.7 Å². The van der Waals surface area contributed by atoms with E-state index in [9.17, 15) is 9.90 Å². The third-order valence-electron chi connectivity index (χ3n) is 3.31. The van der Waals surface area contributed by atoms with E-state index in [1.54, 1.807) is 18.3 Å². The van der Waals surface area contributed by atoms with Gasteiger partial charge in [0.15, 0.2) is 0 Å². The van der Waals surface area contributed by atoms with Gasteiger partial charge in [-0.2, -0.15) is 5.26 Å². The van der Waals surface area contributed by atoms with E-state index in [0.717, 1.165) is 31.4 Å². The molecule has 1 saturated carbocycles. The lowest BCUT2D eigenvalue weighted by Crippen LogP contribution is -2.37. The summed E-state index contributed by atoms with van der Waals surface area (Å²) >= 11 is 0. The molecule has 0 aromatic carbocycles. The molecule has 2 unspecified atom stereocenters. The van der Waals surface area contributed by atoms with Crippen molar-refractivity contribution in [3.05, 3.63) is 24.0 Å². The highest BCUT2D eigenvalue weighted by atomic mass is 16.4. The smallest absolute Gasteiger partial charge is 0.308 e. The number of aliphatic carboxylic acids is 1. The molecule has 5 heteroatoms. The number of nitrogens with one attached hydrogen (secondary N) is 1. The van der Waals surface area contributed by atoms with Crippen molar-refractivity contribution in [2.75, 3.05) is 5.32 Å². The number of rotatable bonds is 3. The zero-order chi connectivity index (χ0) is 13.0. The van der Waals surface area contributed by atoms with E-state index in [2.05, 4.69) is 10.3 Å². The highest BCUT2D eigenvalue weighted by Crippen LogP contribution is 2.27. The predicted octanol–water partition coefficient (Wildman–Crippen LogP) is 2.01. The largest absolute Gasteiger partial charge is 0.481 e. The fourth-order valence-electron chi connectivity index (χ4n) is 2.36. The molecular formula is C13H15N3O2. The van der Waals surface area contributed by atoms with Gasteiger partial charge in [-0.05, 0) is 25.0 Å². The lowest BCUT2D eigenvalue weighted by atomic mass is 9.84. The molecular weight excluding hydrogens is 230 g/mol. The number of nitrogens with zero attached hydrogens (tertiary/aromatic N) is 2. The van der Waals surface area contributed by atoms with E-state index in [-0.39, 0.29) is 12.0 Å². The molecule has 1 aromatic heterocycles. The van der Waals surface area contributed by atoms with E-state index >= 15 is 0 Å². The Morgan fingerprint density at radius 3 is 2.83 bits per heavy atom. The van der Waals surface area contributed by atoms with Gasteiger partial charge < -0.3 is 10.4 Å². The van der Waals surface area contributed by atoms with Gasteiger partial charge in [-0.15, -0.1) is 0 Å². The van der Waals surface area contributed by atoms with Gasteiger partial charge in [0, 0.05) is 6.04 Å². The molecule has 1 aromatic rings. The van der Waals surface area contributed by atoms with Crippen molar-refractivity contribution in [2.24, 2.45) is 5.92 Å². The van der Waals surface area contributed by atoms with E-state index in [1.165, 1.54) is 0 Å². The zero-order valence-corrected chi connectivity index (χ0v) is 9.97. The first-order valence-electron chi connectivity index (χ1n) is 6.06. The number of hydrogen-bond acceptors (Lipinski definition) is 4. The number of aromatic nitrogens is 1. The summed E-state index contributed by atoms with van der Waals surface area (Å²) in [5.74, 6) is -1.08. The first-order valence-corrected chi connectivity index (χ1v) is 6.06. The molecule has 5 nitrogen and oxygen atoms in total. The molecule has 0 saturated heterocycles. The van der Waals surface area contributed by atoms with E-state index in [4.69, 9.17) is 5.26 Å². The fraction of sp³-hybridized carbons (Fsp3) is 0.462. The summed E-state index contributed by atoms with van der Waals surface area (Å²) in [6.45, 7) is 0. The quantitative estimate of drug-likeness (QED) is 0.850. The number of hydrogen-bond donors (Lipinski definition) is 2. The Hall–Kier alpha value is -2.09. The third kappa shape index (κ3) is 2.77. The Labute approximate surface area is 105 Å². The molecule has 0 bridgehead atoms. The Morgan fingerprint density at radius 1 is 1.44 bits per heavy atom. The van der Waals surface area contributed by atoms with Gasteiger partial charge >= 0.3 is 5.97 Å². The Bertz CT molecular complexity index is 464. The molecule has 0 spiro atoms. The van der Waals surface area contributed by atoms with Crippen LogP contribution in [-0.2, 0) is 4.79 Å². The summed E-state index contributed by atoms with van der Waals surface area (Å²) in [5.41, 5.74) is 1.13. The number of carboxylic acid groups (broad SMARTS) is 1. The Kier molecular flexibility index (Phi) is 3.78. The lowest BCUT2D eigenvalue weighted by Gasteiger charge is -2.29. The molecule has 1 fully saturated rings. The first-order chi connectivity index (χ1) is 8.70. The molecule has 2 atom stereocenters. The monoisotopic (exact) mass is 245 g/mol. The van der Waals surface area contributed by atoms with Crippen LogP contribution >= 0.6 is 0 Å². The summed E-state index contributed by atoms with van der Waals surface area (Å²) in [7, 11) is 0. The summed E-state index contributed by atoms with van der Waals surface area (Å²) in [6.07, 6.45) is 5.17. The van der Waals surface area contributed by atoms with Crippen LogP contribution in [0.5, 0.6) is 0 Å². The molecule has 2 rings (SSSR count). The lowest BCUT2D eigenvalue weighted by molar-refractivity contribution is -0.143. The summed E-state index contributed by atoms with van der Waals surface area (Å²) in [6, 6.07) is 5.29. The first kappa shape index (κ1) is 12.4. The highest BCUT2D eigenvalue weighted by Gasteiger charge is 2.30. The molecule has 1 aliphatic rings. The van der Waals surface area contributed by atoms with Crippen LogP contribution in [0.25, 0.3) is 0 Å². The maximum absolute atomic E-state index is 11.2. The second-order valence-electron chi connectivity index (χ2n) is 4.52. The topological polar surface area (TPSA) is 86.0 Å². The minimum Gasteiger partial charge on any atom is -0.481 e. The normalized spacial score (nSPS) is 23.1. The average molecular weight is 245 g/mol. The second-order valence-corrected chi connectivity index (χ2v) is 4.52. The van der Waals surface area contributed by atoms with Crippen LogP contribution in [0, 0.1) is 17.2 Å². The van der Waals surface area contributed by atoms with E-state index in [0.29, 0.717) is 5.69 Å². The number of carboxylic acids is 1. The van der Waals surface area contributed by atoms with Crippen molar-refractivity contribution in [1.29, 1.82) is 5.26 Å². The molecule has 0 amide bonds. The van der Waals surface area contributed by atoms with Crippen LogP contribution in [0.15, 0.2) is 18.3 Å². The number of anilines is 1. The van der Waals surface area contributed by atoms with Crippen LogP contribution in [0.3, 0.4) is 0 Å². The van der Waals surface area contributed by atoms with Crippen LogP contribution in [-0.4, -0.2) is 22.1 Å². The zero-order valence-electron chi connectivity index (χ0n) is 9.97. The van der Waals surface area contributed by atoms with Gasteiger partial charge in [-0.1, -0.05) is 12.8 Å². The van der Waals surface area contributed by atoms with Gasteiger partial charge in [0.2, 0.25) is 0 Å². The van der Waals surface area contributed by atoms with Crippen LogP contribution < -0.4 is 5.32 Å². The van der Waals surface area contributed by atoms with Gasteiger partial charge in [-0.3, -0.25) is 4.79 Å².